The standard InChI is InChI=1S/C18H15BrN4O7/c1-9(24)22-18(12-4-13(19)8-20-7-12)30-17(21-22)11-5-14(23(26)27)16(29-10(2)25)15(6-11)28-3/h4-8,18H,1-3H3/t18-/m1/s1. The second-order valence-corrected chi connectivity index (χ2v) is 6.97. The van der Waals surface area contributed by atoms with E-state index in [1.54, 1.807) is 12.3 Å². The van der Waals surface area contributed by atoms with Gasteiger partial charge in [-0.25, -0.2) is 0 Å². The van der Waals surface area contributed by atoms with E-state index >= 15 is 0 Å². The molecule has 0 N–H and O–H groups in total. The summed E-state index contributed by atoms with van der Waals surface area (Å²) in [5, 5.41) is 16.8. The van der Waals surface area contributed by atoms with Gasteiger partial charge in [0.25, 0.3) is 0 Å². The summed E-state index contributed by atoms with van der Waals surface area (Å²) in [6, 6.07) is 4.20. The Hall–Kier alpha value is -3.54. The molecule has 2 aromatic rings. The van der Waals surface area contributed by atoms with Gasteiger partial charge < -0.3 is 14.2 Å². The van der Waals surface area contributed by atoms with Crippen molar-refractivity contribution in [2.45, 2.75) is 20.1 Å². The monoisotopic (exact) mass is 478 g/mol. The maximum absolute atomic E-state index is 12.1. The van der Waals surface area contributed by atoms with Gasteiger partial charge in [-0.3, -0.25) is 24.7 Å². The molecular weight excluding hydrogens is 464 g/mol. The number of carbonyl (C=O) groups is 2. The molecule has 0 aliphatic carbocycles. The second kappa shape index (κ2) is 8.45. The Bertz CT molecular complexity index is 1070. The van der Waals surface area contributed by atoms with Crippen molar-refractivity contribution in [3.8, 4) is 11.5 Å². The SMILES string of the molecule is COc1cc(C2=NN(C(C)=O)[C@@H](c3cncc(Br)c3)O2)cc([N+](=O)[O-])c1OC(C)=O. The lowest BCUT2D eigenvalue weighted by molar-refractivity contribution is -0.385. The lowest BCUT2D eigenvalue weighted by Gasteiger charge is -2.19. The van der Waals surface area contributed by atoms with Crippen LogP contribution in [0.15, 0.2) is 40.2 Å². The Kier molecular flexibility index (Phi) is 5.96. The quantitative estimate of drug-likeness (QED) is 0.277. The fraction of sp³-hybridized carbons (Fsp3) is 0.222. The van der Waals surface area contributed by atoms with Crippen LogP contribution in [0.25, 0.3) is 0 Å². The fourth-order valence-electron chi connectivity index (χ4n) is 2.71. The van der Waals surface area contributed by atoms with Gasteiger partial charge in [-0.05, 0) is 28.1 Å². The number of ether oxygens (including phenoxy) is 3. The van der Waals surface area contributed by atoms with Crippen LogP contribution < -0.4 is 9.47 Å². The number of hydrazone groups is 1. The van der Waals surface area contributed by atoms with Crippen molar-refractivity contribution in [2.24, 2.45) is 5.10 Å². The third-order valence-electron chi connectivity index (χ3n) is 3.92. The molecule has 1 aromatic carbocycles. The summed E-state index contributed by atoms with van der Waals surface area (Å²) < 4.78 is 16.6. The predicted octanol–water partition coefficient (Wildman–Crippen LogP) is 2.93. The summed E-state index contributed by atoms with van der Waals surface area (Å²) in [5.74, 6) is -1.61. The average Bonchev–Trinajstić information content (AvgIpc) is 3.13. The van der Waals surface area contributed by atoms with Crippen LogP contribution >= 0.6 is 15.9 Å². The molecule has 0 fully saturated rings. The number of amides is 1. The van der Waals surface area contributed by atoms with Crippen LogP contribution in [0.3, 0.4) is 0 Å². The normalized spacial score (nSPS) is 15.3. The molecule has 0 spiro atoms. The molecule has 156 valence electrons. The molecule has 1 amide bonds. The van der Waals surface area contributed by atoms with Gasteiger partial charge in [0.05, 0.1) is 12.0 Å². The molecule has 0 saturated carbocycles. The number of hydrogen-bond acceptors (Lipinski definition) is 9. The number of esters is 1. The Balaban J connectivity index is 2.07. The third-order valence-corrected chi connectivity index (χ3v) is 4.36. The van der Waals surface area contributed by atoms with E-state index in [4.69, 9.17) is 14.2 Å². The molecular formula is C18H15BrN4O7. The number of halogens is 1. The minimum absolute atomic E-state index is 0.0500. The molecule has 0 radical (unpaired) electrons. The van der Waals surface area contributed by atoms with Gasteiger partial charge in [-0.15, -0.1) is 5.10 Å². The largest absolute Gasteiger partial charge is 0.493 e. The second-order valence-electron chi connectivity index (χ2n) is 6.05. The fourth-order valence-corrected chi connectivity index (χ4v) is 3.09. The smallest absolute Gasteiger partial charge is 0.316 e. The number of rotatable bonds is 5. The first-order valence-corrected chi connectivity index (χ1v) is 9.21. The minimum atomic E-state index is -0.916. The third kappa shape index (κ3) is 4.22. The molecule has 0 saturated heterocycles. The maximum Gasteiger partial charge on any atom is 0.316 e. The van der Waals surface area contributed by atoms with Crippen molar-refractivity contribution in [3.05, 3.63) is 56.3 Å². The molecule has 1 aliphatic heterocycles. The van der Waals surface area contributed by atoms with E-state index in [9.17, 15) is 19.7 Å². The summed E-state index contributed by atoms with van der Waals surface area (Å²) in [5.41, 5.74) is 0.176. The Morgan fingerprint density at radius 3 is 2.57 bits per heavy atom. The van der Waals surface area contributed by atoms with Crippen molar-refractivity contribution in [1.82, 2.24) is 9.99 Å². The van der Waals surface area contributed by atoms with Gasteiger partial charge >= 0.3 is 11.7 Å². The highest BCUT2D eigenvalue weighted by Gasteiger charge is 2.35. The number of methoxy groups -OCH3 is 1. The van der Waals surface area contributed by atoms with E-state index in [2.05, 4.69) is 26.0 Å². The minimum Gasteiger partial charge on any atom is -0.493 e. The van der Waals surface area contributed by atoms with Crippen LogP contribution in [0.4, 0.5) is 5.69 Å². The topological polar surface area (TPSA) is 133 Å². The molecule has 30 heavy (non-hydrogen) atoms. The van der Waals surface area contributed by atoms with E-state index in [1.807, 2.05) is 0 Å². The van der Waals surface area contributed by atoms with E-state index < -0.39 is 28.7 Å². The molecule has 12 heteroatoms. The van der Waals surface area contributed by atoms with Gasteiger partial charge in [0.1, 0.15) is 0 Å². The summed E-state index contributed by atoms with van der Waals surface area (Å²) in [4.78, 5) is 38.3. The molecule has 1 atom stereocenters. The molecule has 1 aromatic heterocycles. The number of nitro benzene ring substituents is 1. The Labute approximate surface area is 178 Å². The first kappa shape index (κ1) is 21.2. The van der Waals surface area contributed by atoms with Crippen LogP contribution in [-0.2, 0) is 14.3 Å². The first-order valence-electron chi connectivity index (χ1n) is 8.42. The van der Waals surface area contributed by atoms with E-state index in [0.717, 1.165) is 18.0 Å². The number of benzene rings is 1. The lowest BCUT2D eigenvalue weighted by atomic mass is 10.1. The van der Waals surface area contributed by atoms with Crippen molar-refractivity contribution in [3.63, 3.8) is 0 Å². The van der Waals surface area contributed by atoms with Crippen LogP contribution in [0.2, 0.25) is 0 Å². The van der Waals surface area contributed by atoms with E-state index in [1.165, 1.54) is 26.3 Å². The molecule has 0 unspecified atom stereocenters. The molecule has 3 rings (SSSR count). The summed E-state index contributed by atoms with van der Waals surface area (Å²) in [6.07, 6.45) is 2.16. The van der Waals surface area contributed by atoms with Crippen LogP contribution in [0, 0.1) is 10.1 Å². The zero-order valence-electron chi connectivity index (χ0n) is 16.0. The van der Waals surface area contributed by atoms with Crippen molar-refractivity contribution >= 4 is 39.4 Å². The number of hydrogen-bond donors (Lipinski definition) is 0. The predicted molar refractivity (Wildman–Crippen MR) is 106 cm³/mol. The van der Waals surface area contributed by atoms with Gasteiger partial charge in [0.2, 0.25) is 23.8 Å². The maximum atomic E-state index is 12.1. The Morgan fingerprint density at radius 2 is 2.00 bits per heavy atom. The number of carbonyl (C=O) groups excluding carboxylic acids is 2. The average molecular weight is 479 g/mol. The highest BCUT2D eigenvalue weighted by atomic mass is 79.9. The number of nitro groups is 1. The van der Waals surface area contributed by atoms with Gasteiger partial charge in [-0.1, -0.05) is 0 Å². The zero-order valence-corrected chi connectivity index (χ0v) is 17.6. The van der Waals surface area contributed by atoms with Gasteiger partial charge in [0.15, 0.2) is 5.75 Å². The van der Waals surface area contributed by atoms with Crippen molar-refractivity contribution < 1.29 is 28.7 Å². The Morgan fingerprint density at radius 1 is 1.27 bits per heavy atom. The molecule has 11 nitrogen and oxygen atoms in total. The molecule has 1 aliphatic rings. The molecule has 0 bridgehead atoms. The summed E-state index contributed by atoms with van der Waals surface area (Å²) >= 11 is 3.31. The molecule has 2 heterocycles. The van der Waals surface area contributed by atoms with Crippen LogP contribution in [-0.4, -0.2) is 39.8 Å². The van der Waals surface area contributed by atoms with Gasteiger partial charge in [0, 0.05) is 47.9 Å². The number of aromatic nitrogens is 1. The van der Waals surface area contributed by atoms with E-state index in [0.29, 0.717) is 10.0 Å². The van der Waals surface area contributed by atoms with Crippen LogP contribution in [0.1, 0.15) is 31.2 Å². The zero-order chi connectivity index (χ0) is 22.0. The summed E-state index contributed by atoms with van der Waals surface area (Å²) in [7, 11) is 1.27. The van der Waals surface area contributed by atoms with Crippen LogP contribution in [0.5, 0.6) is 11.5 Å². The first-order chi connectivity index (χ1) is 14.2. The number of nitrogens with zero attached hydrogens (tertiary/aromatic N) is 4. The van der Waals surface area contributed by atoms with E-state index in [-0.39, 0.29) is 23.0 Å². The highest BCUT2D eigenvalue weighted by Crippen LogP contribution is 2.40. The number of pyridine rings is 1. The van der Waals surface area contributed by atoms with Gasteiger partial charge in [-0.2, -0.15) is 5.01 Å². The van der Waals surface area contributed by atoms with Crippen molar-refractivity contribution in [1.29, 1.82) is 0 Å². The highest BCUT2D eigenvalue weighted by molar-refractivity contribution is 9.10. The lowest BCUT2D eigenvalue weighted by Crippen LogP contribution is -2.25. The summed E-state index contributed by atoms with van der Waals surface area (Å²) in [6.45, 7) is 2.42. The van der Waals surface area contributed by atoms with Crippen molar-refractivity contribution in [2.75, 3.05) is 7.11 Å².